The van der Waals surface area contributed by atoms with E-state index in [9.17, 15) is 0 Å². The summed E-state index contributed by atoms with van der Waals surface area (Å²) in [5, 5.41) is 0.893. The molecule has 23 heavy (non-hydrogen) atoms. The molecule has 1 fully saturated rings. The van der Waals surface area contributed by atoms with Crippen molar-refractivity contribution in [2.75, 3.05) is 12.4 Å². The molecule has 1 heterocycles. The van der Waals surface area contributed by atoms with E-state index in [4.69, 9.17) is 27.9 Å². The molecule has 2 aliphatic rings. The fourth-order valence-corrected chi connectivity index (χ4v) is 5.25. The molecule has 1 saturated carbocycles. The Morgan fingerprint density at radius 2 is 1.83 bits per heavy atom. The number of methoxy groups -OCH3 is 1. The van der Waals surface area contributed by atoms with Crippen molar-refractivity contribution in [1.29, 1.82) is 0 Å². The molecular weight excluding hydrogens is 397 g/mol. The number of benzene rings is 1. The van der Waals surface area contributed by atoms with E-state index in [1.807, 2.05) is 12.1 Å². The minimum absolute atomic E-state index is 0.352. The Morgan fingerprint density at radius 3 is 2.39 bits per heavy atom. The van der Waals surface area contributed by atoms with E-state index in [-0.39, 0.29) is 0 Å². The van der Waals surface area contributed by atoms with Gasteiger partial charge in [-0.05, 0) is 37.1 Å². The Labute approximate surface area is 156 Å². The van der Waals surface area contributed by atoms with Crippen LogP contribution in [0.3, 0.4) is 0 Å². The van der Waals surface area contributed by atoms with E-state index in [1.54, 1.807) is 7.11 Å². The Bertz CT molecular complexity index is 579. The quantitative estimate of drug-likeness (QED) is 0.484. The van der Waals surface area contributed by atoms with Gasteiger partial charge in [-0.3, -0.25) is 0 Å². The Balaban J connectivity index is 2.06. The Hall–Kier alpha value is -0.250. The van der Waals surface area contributed by atoms with E-state index in [2.05, 4.69) is 32.6 Å². The van der Waals surface area contributed by atoms with Crippen molar-refractivity contribution < 1.29 is 9.31 Å². The third-order valence-corrected chi connectivity index (χ3v) is 6.41. The highest BCUT2D eigenvalue weighted by Gasteiger charge is 2.53. The van der Waals surface area contributed by atoms with Crippen LogP contribution in [0.25, 0.3) is 0 Å². The average Bonchev–Trinajstić information content (AvgIpc) is 2.86. The molecule has 1 aliphatic carbocycles. The highest BCUT2D eigenvalue weighted by Crippen LogP contribution is 2.41. The zero-order valence-corrected chi connectivity index (χ0v) is 16.5. The maximum absolute atomic E-state index is 6.76. The predicted octanol–water partition coefficient (Wildman–Crippen LogP) is 5.17. The summed E-state index contributed by atoms with van der Waals surface area (Å²) in [5.74, 6) is 0.850. The fourth-order valence-electron chi connectivity index (χ4n) is 3.94. The number of hydrogen-bond acceptors (Lipinski definition) is 1. The van der Waals surface area contributed by atoms with Crippen LogP contribution in [0.15, 0.2) is 24.3 Å². The predicted molar refractivity (Wildman–Crippen MR) is 101 cm³/mol. The Morgan fingerprint density at radius 1 is 1.17 bits per heavy atom. The van der Waals surface area contributed by atoms with Crippen molar-refractivity contribution in [1.82, 2.24) is 0 Å². The number of halogens is 3. The molecule has 3 rings (SSSR count). The van der Waals surface area contributed by atoms with Crippen LogP contribution in [-0.2, 0) is 0 Å². The summed E-state index contributed by atoms with van der Waals surface area (Å²) >= 11 is 17.2. The minimum atomic E-state index is -0.829. The monoisotopic (exact) mass is 418 g/mol. The summed E-state index contributed by atoms with van der Waals surface area (Å²) in [4.78, 5) is 0. The highest BCUT2D eigenvalue weighted by atomic mass is 79.9. The van der Waals surface area contributed by atoms with Crippen molar-refractivity contribution in [2.45, 2.75) is 54.9 Å². The van der Waals surface area contributed by atoms with Gasteiger partial charge in [-0.25, -0.2) is 4.58 Å². The molecule has 0 radical (unpaired) electrons. The molecule has 1 aliphatic heterocycles. The first-order valence-corrected chi connectivity index (χ1v) is 10.2. The summed E-state index contributed by atoms with van der Waals surface area (Å²) in [5.41, 5.74) is 2.17. The Kier molecular flexibility index (Phi) is 5.60. The van der Waals surface area contributed by atoms with Gasteiger partial charge < -0.3 is 4.74 Å². The molecule has 0 aromatic heterocycles. The molecule has 0 N–H and O–H groups in total. The highest BCUT2D eigenvalue weighted by molar-refractivity contribution is 9.09. The maximum atomic E-state index is 6.76. The van der Waals surface area contributed by atoms with Crippen LogP contribution in [0, 0.1) is 0 Å². The van der Waals surface area contributed by atoms with Gasteiger partial charge in [0.15, 0.2) is 12.1 Å². The molecule has 1 atom stereocenters. The molecule has 0 amide bonds. The van der Waals surface area contributed by atoms with Gasteiger partial charge in [0.1, 0.15) is 5.75 Å². The summed E-state index contributed by atoms with van der Waals surface area (Å²) in [7, 11) is 1.68. The SMILES string of the molecule is COc1ccc(C2=[N+](C3CCCCC3)C(CBr)CC2(Cl)Cl)cc1. The molecule has 2 nitrogen and oxygen atoms in total. The summed E-state index contributed by atoms with van der Waals surface area (Å²) in [6.45, 7) is 0. The summed E-state index contributed by atoms with van der Waals surface area (Å²) in [6.07, 6.45) is 7.15. The van der Waals surface area contributed by atoms with E-state index >= 15 is 0 Å². The lowest BCUT2D eigenvalue weighted by Gasteiger charge is -2.23. The zero-order chi connectivity index (χ0) is 16.4. The molecule has 0 bridgehead atoms. The molecule has 5 heteroatoms. The second kappa shape index (κ2) is 7.33. The third kappa shape index (κ3) is 3.57. The number of alkyl halides is 3. The average molecular weight is 420 g/mol. The van der Waals surface area contributed by atoms with E-state index in [1.165, 1.54) is 32.1 Å². The third-order valence-electron chi connectivity index (χ3n) is 5.00. The first-order chi connectivity index (χ1) is 11.1. The smallest absolute Gasteiger partial charge is 0.220 e. The number of ether oxygens (including phenoxy) is 1. The molecule has 1 aromatic rings. The van der Waals surface area contributed by atoms with Crippen molar-refractivity contribution in [3.8, 4) is 5.75 Å². The first-order valence-electron chi connectivity index (χ1n) is 8.31. The van der Waals surface area contributed by atoms with Gasteiger partial charge in [0.2, 0.25) is 10.0 Å². The molecule has 126 valence electrons. The van der Waals surface area contributed by atoms with Crippen molar-refractivity contribution in [3.63, 3.8) is 0 Å². The normalized spacial score (nSPS) is 25.0. The van der Waals surface area contributed by atoms with E-state index < -0.39 is 4.33 Å². The lowest BCUT2D eigenvalue weighted by molar-refractivity contribution is -0.592. The summed E-state index contributed by atoms with van der Waals surface area (Å²) in [6, 6.07) is 8.99. The van der Waals surface area contributed by atoms with Crippen LogP contribution in [0.5, 0.6) is 5.75 Å². The molecule has 0 spiro atoms. The van der Waals surface area contributed by atoms with Crippen molar-refractivity contribution in [2.24, 2.45) is 0 Å². The first kappa shape index (κ1) is 17.6. The minimum Gasteiger partial charge on any atom is -0.497 e. The topological polar surface area (TPSA) is 12.2 Å². The zero-order valence-electron chi connectivity index (χ0n) is 13.4. The van der Waals surface area contributed by atoms with Crippen LogP contribution in [0.2, 0.25) is 0 Å². The van der Waals surface area contributed by atoms with Gasteiger partial charge in [0.05, 0.1) is 18.9 Å². The van der Waals surface area contributed by atoms with Gasteiger partial charge in [-0.2, -0.15) is 0 Å². The second-order valence-electron chi connectivity index (χ2n) is 6.49. The van der Waals surface area contributed by atoms with Crippen LogP contribution in [0.4, 0.5) is 0 Å². The van der Waals surface area contributed by atoms with Crippen molar-refractivity contribution >= 4 is 44.8 Å². The van der Waals surface area contributed by atoms with Crippen LogP contribution < -0.4 is 4.74 Å². The molecule has 1 aromatic carbocycles. The fraction of sp³-hybridized carbons (Fsp3) is 0.611. The van der Waals surface area contributed by atoms with Crippen LogP contribution in [0.1, 0.15) is 44.1 Å². The van der Waals surface area contributed by atoms with Gasteiger partial charge in [-0.15, -0.1) is 0 Å². The maximum Gasteiger partial charge on any atom is 0.220 e. The van der Waals surface area contributed by atoms with Crippen LogP contribution in [-0.4, -0.2) is 39.1 Å². The van der Waals surface area contributed by atoms with Crippen molar-refractivity contribution in [3.05, 3.63) is 29.8 Å². The molecular formula is C18H23BrCl2NO+. The van der Waals surface area contributed by atoms with Gasteiger partial charge in [0, 0.05) is 18.4 Å². The largest absolute Gasteiger partial charge is 0.497 e. The summed E-state index contributed by atoms with van der Waals surface area (Å²) < 4.78 is 6.95. The van der Waals surface area contributed by atoms with Gasteiger partial charge in [-0.1, -0.05) is 45.6 Å². The lowest BCUT2D eigenvalue weighted by atomic mass is 9.94. The van der Waals surface area contributed by atoms with Gasteiger partial charge in [0.25, 0.3) is 0 Å². The number of rotatable bonds is 4. The number of nitrogens with zero attached hydrogens (tertiary/aromatic N) is 1. The lowest BCUT2D eigenvalue weighted by Crippen LogP contribution is -2.38. The molecule has 1 unspecified atom stereocenters. The van der Waals surface area contributed by atoms with Crippen LogP contribution >= 0.6 is 39.1 Å². The number of hydrogen-bond donors (Lipinski definition) is 0. The van der Waals surface area contributed by atoms with Gasteiger partial charge >= 0.3 is 0 Å². The van der Waals surface area contributed by atoms with E-state index in [0.717, 1.165) is 28.8 Å². The van der Waals surface area contributed by atoms with E-state index in [0.29, 0.717) is 12.1 Å². The molecule has 0 saturated heterocycles. The standard InChI is InChI=1S/C18H23BrCl2NO/c1-23-16-9-7-13(8-10-16)17-18(20,21)11-15(12-19)22(17)14-5-3-2-4-6-14/h7-10,14-15H,2-6,11-12H2,1H3/q+1. The second-order valence-corrected chi connectivity index (χ2v) is 8.62.